The molecule has 0 saturated carbocycles. The summed E-state index contributed by atoms with van der Waals surface area (Å²) in [5.41, 5.74) is 1.18. The van der Waals surface area contributed by atoms with Gasteiger partial charge in [-0.25, -0.2) is 0 Å². The summed E-state index contributed by atoms with van der Waals surface area (Å²) in [6, 6.07) is 20.9. The summed E-state index contributed by atoms with van der Waals surface area (Å²) < 4.78 is 0. The zero-order valence-corrected chi connectivity index (χ0v) is 13.9. The Balaban J connectivity index is 2.29. The topological polar surface area (TPSA) is 12.4 Å². The van der Waals surface area contributed by atoms with Crippen LogP contribution in [-0.4, -0.2) is 11.2 Å². The number of aliphatic imine (C=N–C) groups is 1. The van der Waals surface area contributed by atoms with Crippen molar-refractivity contribution in [3.05, 3.63) is 66.2 Å². The maximum atomic E-state index is 6.53. The lowest BCUT2D eigenvalue weighted by Crippen LogP contribution is -2.07. The molecule has 2 aromatic carbocycles. The van der Waals surface area contributed by atoms with Crippen molar-refractivity contribution in [2.24, 2.45) is 4.99 Å². The van der Waals surface area contributed by atoms with Crippen molar-refractivity contribution in [1.82, 2.24) is 0 Å². The number of nitrogens with zero attached hydrogens (tertiary/aromatic N) is 1. The quantitative estimate of drug-likeness (QED) is 0.473. The van der Waals surface area contributed by atoms with E-state index in [0.717, 1.165) is 6.42 Å². The van der Waals surface area contributed by atoms with Gasteiger partial charge in [-0.3, -0.25) is 4.99 Å². The fourth-order valence-corrected chi connectivity index (χ4v) is 3.35. The van der Waals surface area contributed by atoms with Crippen LogP contribution in [0.3, 0.4) is 0 Å². The molecular formula is C18H20ClNS. The van der Waals surface area contributed by atoms with Gasteiger partial charge < -0.3 is 0 Å². The zero-order chi connectivity index (χ0) is 15.1. The summed E-state index contributed by atoms with van der Waals surface area (Å²) in [5, 5.41) is 0.716. The van der Waals surface area contributed by atoms with Crippen LogP contribution in [0.5, 0.6) is 0 Å². The third kappa shape index (κ3) is 4.90. The summed E-state index contributed by atoms with van der Waals surface area (Å²) in [6.07, 6.45) is 0.994. The van der Waals surface area contributed by atoms with Crippen molar-refractivity contribution in [1.29, 1.82) is 0 Å². The Kier molecular flexibility index (Phi) is 6.34. The molecule has 0 amide bonds. The van der Waals surface area contributed by atoms with Crippen molar-refractivity contribution >= 4 is 28.5 Å². The molecule has 0 aliphatic carbocycles. The van der Waals surface area contributed by atoms with Crippen LogP contribution < -0.4 is 0 Å². The van der Waals surface area contributed by atoms with Gasteiger partial charge in [0.1, 0.15) is 5.17 Å². The molecule has 21 heavy (non-hydrogen) atoms. The summed E-state index contributed by atoms with van der Waals surface area (Å²) >= 11 is 8.27. The van der Waals surface area contributed by atoms with Gasteiger partial charge in [0.05, 0.1) is 5.25 Å². The van der Waals surface area contributed by atoms with Crippen molar-refractivity contribution < 1.29 is 0 Å². The molecule has 0 aliphatic heterocycles. The second-order valence-electron chi connectivity index (χ2n) is 4.93. The normalized spacial score (nSPS) is 14.7. The minimum Gasteiger partial charge on any atom is -0.273 e. The summed E-state index contributed by atoms with van der Waals surface area (Å²) in [5.74, 6) is 0. The highest BCUT2D eigenvalue weighted by molar-refractivity contribution is 8.00. The summed E-state index contributed by atoms with van der Waals surface area (Å²) in [6.45, 7) is 4.22. The van der Waals surface area contributed by atoms with Crippen LogP contribution >= 0.6 is 23.4 Å². The van der Waals surface area contributed by atoms with Crippen LogP contribution in [0.2, 0.25) is 0 Å². The molecule has 0 N–H and O–H groups in total. The van der Waals surface area contributed by atoms with E-state index in [9.17, 15) is 0 Å². The average molecular weight is 318 g/mol. The Labute approximate surface area is 136 Å². The monoisotopic (exact) mass is 317 g/mol. The van der Waals surface area contributed by atoms with Gasteiger partial charge in [-0.05, 0) is 31.0 Å². The molecule has 1 nitrogen and oxygen atoms in total. The van der Waals surface area contributed by atoms with Crippen molar-refractivity contribution in [2.45, 2.75) is 36.5 Å². The Morgan fingerprint density at radius 3 is 2.19 bits per heavy atom. The van der Waals surface area contributed by atoms with Gasteiger partial charge in [-0.2, -0.15) is 0 Å². The molecule has 0 spiro atoms. The van der Waals surface area contributed by atoms with E-state index < -0.39 is 0 Å². The molecule has 2 rings (SSSR count). The van der Waals surface area contributed by atoms with Gasteiger partial charge >= 0.3 is 0 Å². The Hall–Kier alpha value is -1.25. The molecule has 3 heteroatoms. The molecule has 0 fully saturated rings. The van der Waals surface area contributed by atoms with E-state index >= 15 is 0 Å². The fourth-order valence-electron chi connectivity index (χ4n) is 1.89. The minimum atomic E-state index is 0.0456. The number of hydrogen-bond donors (Lipinski definition) is 0. The fraction of sp³-hybridized carbons (Fsp3) is 0.278. The first-order valence-electron chi connectivity index (χ1n) is 7.20. The van der Waals surface area contributed by atoms with Crippen LogP contribution in [0.4, 0.5) is 0 Å². The maximum absolute atomic E-state index is 6.53. The first-order chi connectivity index (χ1) is 10.2. The second-order valence-corrected chi connectivity index (χ2v) is 6.50. The third-order valence-electron chi connectivity index (χ3n) is 3.25. The van der Waals surface area contributed by atoms with E-state index in [1.165, 1.54) is 10.5 Å². The molecule has 0 saturated heterocycles. The van der Waals surface area contributed by atoms with Gasteiger partial charge in [-0.15, -0.1) is 11.8 Å². The lowest BCUT2D eigenvalue weighted by molar-refractivity contribution is 0.717. The van der Waals surface area contributed by atoms with Crippen LogP contribution in [0.25, 0.3) is 0 Å². The first-order valence-corrected chi connectivity index (χ1v) is 8.46. The van der Waals surface area contributed by atoms with E-state index in [1.807, 2.05) is 36.4 Å². The van der Waals surface area contributed by atoms with Gasteiger partial charge in [0.15, 0.2) is 0 Å². The molecular weight excluding hydrogens is 298 g/mol. The minimum absolute atomic E-state index is 0.0456. The largest absolute Gasteiger partial charge is 0.273 e. The van der Waals surface area contributed by atoms with Gasteiger partial charge in [0, 0.05) is 10.9 Å². The molecule has 2 unspecified atom stereocenters. The maximum Gasteiger partial charge on any atom is 0.118 e. The van der Waals surface area contributed by atoms with E-state index in [0.29, 0.717) is 5.17 Å². The predicted octanol–water partition coefficient (Wildman–Crippen LogP) is 5.96. The van der Waals surface area contributed by atoms with Crippen LogP contribution in [0.15, 0.2) is 70.6 Å². The van der Waals surface area contributed by atoms with Crippen molar-refractivity contribution in [2.75, 3.05) is 0 Å². The molecule has 2 aromatic rings. The van der Waals surface area contributed by atoms with E-state index in [2.05, 4.69) is 43.1 Å². The highest BCUT2D eigenvalue weighted by Crippen LogP contribution is 2.37. The van der Waals surface area contributed by atoms with Gasteiger partial charge in [0.2, 0.25) is 0 Å². The second kappa shape index (κ2) is 8.26. The zero-order valence-electron chi connectivity index (χ0n) is 12.4. The summed E-state index contributed by atoms with van der Waals surface area (Å²) in [4.78, 5) is 5.83. The van der Waals surface area contributed by atoms with Gasteiger partial charge in [-0.1, -0.05) is 67.1 Å². The van der Waals surface area contributed by atoms with Crippen LogP contribution in [0.1, 0.15) is 31.1 Å². The number of benzene rings is 2. The summed E-state index contributed by atoms with van der Waals surface area (Å²) in [7, 11) is 0. The lowest BCUT2D eigenvalue weighted by atomic mass is 10.1. The Morgan fingerprint density at radius 2 is 1.62 bits per heavy atom. The number of halogens is 1. The molecule has 110 valence electrons. The highest BCUT2D eigenvalue weighted by atomic mass is 35.5. The van der Waals surface area contributed by atoms with Crippen LogP contribution in [-0.2, 0) is 0 Å². The van der Waals surface area contributed by atoms with E-state index in [1.54, 1.807) is 11.8 Å². The molecule has 2 atom stereocenters. The average Bonchev–Trinajstić information content (AvgIpc) is 2.54. The third-order valence-corrected chi connectivity index (χ3v) is 4.97. The molecule has 0 aromatic heterocycles. The highest BCUT2D eigenvalue weighted by Gasteiger charge is 2.18. The van der Waals surface area contributed by atoms with Crippen molar-refractivity contribution in [3.8, 4) is 0 Å². The Bertz CT molecular complexity index is 568. The smallest absolute Gasteiger partial charge is 0.118 e. The number of thioether (sulfide) groups is 1. The molecule has 0 heterocycles. The Morgan fingerprint density at radius 1 is 1.05 bits per heavy atom. The predicted molar refractivity (Wildman–Crippen MR) is 94.5 cm³/mol. The molecule has 0 aliphatic rings. The van der Waals surface area contributed by atoms with E-state index in [4.69, 9.17) is 11.6 Å². The number of hydrogen-bond acceptors (Lipinski definition) is 2. The lowest BCUT2D eigenvalue weighted by Gasteiger charge is -2.17. The van der Waals surface area contributed by atoms with Gasteiger partial charge in [0.25, 0.3) is 0 Å². The van der Waals surface area contributed by atoms with Crippen molar-refractivity contribution in [3.63, 3.8) is 0 Å². The first kappa shape index (κ1) is 16.1. The van der Waals surface area contributed by atoms with Crippen LogP contribution in [0, 0.1) is 0 Å². The molecule has 0 radical (unpaired) electrons. The standard InChI is InChI=1S/C18H20ClNS/c1-3-14(2)20-18(19)17(15-10-6-4-7-11-15)21-16-12-8-5-9-13-16/h4-14,17H,3H2,1-2H3. The molecule has 0 bridgehead atoms. The SMILES string of the molecule is CCC(C)N=C(Cl)C(Sc1ccccc1)c1ccccc1. The number of rotatable bonds is 6. The van der Waals surface area contributed by atoms with E-state index in [-0.39, 0.29) is 11.3 Å².